The maximum Gasteiger partial charge on any atom is 0.192 e. The van der Waals surface area contributed by atoms with E-state index in [-0.39, 0.29) is 12.8 Å². The number of carbonyl (C=O) groups is 1. The van der Waals surface area contributed by atoms with Gasteiger partial charge in [0.2, 0.25) is 0 Å². The maximum absolute atomic E-state index is 11.1. The van der Waals surface area contributed by atoms with E-state index in [0.29, 0.717) is 0 Å². The van der Waals surface area contributed by atoms with Gasteiger partial charge in [-0.05, 0) is 13.3 Å². The van der Waals surface area contributed by atoms with Gasteiger partial charge in [0.1, 0.15) is 6.61 Å². The fraction of sp³-hybridized carbons (Fsp3) is 0.875. The zero-order valence-corrected chi connectivity index (χ0v) is 7.43. The van der Waals surface area contributed by atoms with Gasteiger partial charge in [0.15, 0.2) is 17.7 Å². The molecular formula is C8H14O5. The standard InChI is InChI=1S/C8H14O5/c1-5-8(12,6(10)4-9)3-2-7(11)13-5/h5,7,9,11-12H,2-4H2,1H3/t5-,7+,8-/m1/s1. The van der Waals surface area contributed by atoms with E-state index in [4.69, 9.17) is 14.9 Å². The largest absolute Gasteiger partial charge is 0.388 e. The molecule has 1 saturated heterocycles. The van der Waals surface area contributed by atoms with Crippen molar-refractivity contribution in [2.45, 2.75) is 37.8 Å². The molecule has 13 heavy (non-hydrogen) atoms. The molecule has 0 amide bonds. The first kappa shape index (κ1) is 10.6. The molecule has 0 unspecified atom stereocenters. The molecule has 0 spiro atoms. The number of aliphatic hydroxyl groups is 3. The fourth-order valence-electron chi connectivity index (χ4n) is 1.47. The summed E-state index contributed by atoms with van der Waals surface area (Å²) in [5, 5.41) is 27.4. The van der Waals surface area contributed by atoms with E-state index in [9.17, 15) is 9.90 Å². The first-order chi connectivity index (χ1) is 6.00. The summed E-state index contributed by atoms with van der Waals surface area (Å²) in [7, 11) is 0. The second kappa shape index (κ2) is 3.71. The highest BCUT2D eigenvalue weighted by molar-refractivity contribution is 5.88. The van der Waals surface area contributed by atoms with Gasteiger partial charge in [0.25, 0.3) is 0 Å². The molecule has 0 aromatic rings. The molecule has 1 fully saturated rings. The van der Waals surface area contributed by atoms with E-state index in [2.05, 4.69) is 0 Å². The van der Waals surface area contributed by atoms with Crippen LogP contribution in [0.15, 0.2) is 0 Å². The SMILES string of the molecule is C[C@H]1O[C@H](O)CC[C@]1(O)C(=O)CO. The van der Waals surface area contributed by atoms with Crippen LogP contribution in [0.4, 0.5) is 0 Å². The van der Waals surface area contributed by atoms with Crippen LogP contribution < -0.4 is 0 Å². The van der Waals surface area contributed by atoms with E-state index in [0.717, 1.165) is 0 Å². The Bertz CT molecular complexity index is 205. The minimum atomic E-state index is -1.64. The molecule has 0 aromatic heterocycles. The number of rotatable bonds is 2. The number of Topliss-reactive ketones (excluding diaryl/α,β-unsaturated/α-hetero) is 1. The van der Waals surface area contributed by atoms with Crippen molar-refractivity contribution in [3.63, 3.8) is 0 Å². The number of aliphatic hydroxyl groups excluding tert-OH is 2. The summed E-state index contributed by atoms with van der Waals surface area (Å²) in [5.74, 6) is -0.660. The smallest absolute Gasteiger partial charge is 0.192 e. The third kappa shape index (κ3) is 1.88. The first-order valence-corrected chi connectivity index (χ1v) is 4.20. The number of hydrogen-bond donors (Lipinski definition) is 3. The lowest BCUT2D eigenvalue weighted by atomic mass is 9.85. The normalized spacial score (nSPS) is 40.3. The van der Waals surface area contributed by atoms with Crippen LogP contribution in [0, 0.1) is 0 Å². The highest BCUT2D eigenvalue weighted by Gasteiger charge is 2.45. The number of carbonyl (C=O) groups excluding carboxylic acids is 1. The van der Waals surface area contributed by atoms with E-state index < -0.39 is 30.4 Å². The molecular weight excluding hydrogens is 176 g/mol. The van der Waals surface area contributed by atoms with Gasteiger partial charge in [0.05, 0.1) is 6.10 Å². The summed E-state index contributed by atoms with van der Waals surface area (Å²) >= 11 is 0. The number of ketones is 1. The molecule has 0 radical (unpaired) electrons. The molecule has 1 heterocycles. The molecule has 1 aliphatic heterocycles. The summed E-state index contributed by atoms with van der Waals surface area (Å²) in [5.41, 5.74) is -1.64. The van der Waals surface area contributed by atoms with E-state index in [1.807, 2.05) is 0 Å². The number of ether oxygens (including phenoxy) is 1. The van der Waals surface area contributed by atoms with Crippen molar-refractivity contribution in [1.82, 2.24) is 0 Å². The Morgan fingerprint density at radius 1 is 1.69 bits per heavy atom. The Kier molecular flexibility index (Phi) is 3.02. The molecule has 0 aromatic carbocycles. The minimum absolute atomic E-state index is 0.120. The Morgan fingerprint density at radius 3 is 2.77 bits per heavy atom. The second-order valence-electron chi connectivity index (χ2n) is 3.28. The molecule has 0 saturated carbocycles. The minimum Gasteiger partial charge on any atom is -0.388 e. The van der Waals surface area contributed by atoms with Crippen LogP contribution in [-0.4, -0.2) is 45.7 Å². The molecule has 1 aliphatic rings. The first-order valence-electron chi connectivity index (χ1n) is 4.20. The van der Waals surface area contributed by atoms with Crippen LogP contribution in [0.25, 0.3) is 0 Å². The van der Waals surface area contributed by atoms with Gasteiger partial charge in [-0.3, -0.25) is 4.79 Å². The predicted octanol–water partition coefficient (Wildman–Crippen LogP) is -1.20. The Labute approximate surface area is 75.9 Å². The lowest BCUT2D eigenvalue weighted by Crippen LogP contribution is -2.55. The van der Waals surface area contributed by atoms with E-state index in [1.54, 1.807) is 0 Å². The zero-order chi connectivity index (χ0) is 10.1. The quantitative estimate of drug-likeness (QED) is 0.509. The van der Waals surface area contributed by atoms with E-state index >= 15 is 0 Å². The van der Waals surface area contributed by atoms with Crippen LogP contribution >= 0.6 is 0 Å². The van der Waals surface area contributed by atoms with Crippen LogP contribution in [0.5, 0.6) is 0 Å². The van der Waals surface area contributed by atoms with Gasteiger partial charge in [0, 0.05) is 6.42 Å². The van der Waals surface area contributed by atoms with Crippen molar-refractivity contribution >= 4 is 5.78 Å². The summed E-state index contributed by atoms with van der Waals surface area (Å²) in [4.78, 5) is 11.1. The van der Waals surface area contributed by atoms with Crippen molar-refractivity contribution in [2.24, 2.45) is 0 Å². The average molecular weight is 190 g/mol. The molecule has 0 aliphatic carbocycles. The van der Waals surface area contributed by atoms with Gasteiger partial charge < -0.3 is 20.1 Å². The Hall–Kier alpha value is -0.490. The summed E-state index contributed by atoms with van der Waals surface area (Å²) < 4.78 is 4.90. The van der Waals surface area contributed by atoms with Crippen LogP contribution in [0.2, 0.25) is 0 Å². The van der Waals surface area contributed by atoms with Crippen molar-refractivity contribution in [3.05, 3.63) is 0 Å². The topological polar surface area (TPSA) is 87.0 Å². The van der Waals surface area contributed by atoms with Crippen molar-refractivity contribution in [1.29, 1.82) is 0 Å². The van der Waals surface area contributed by atoms with Crippen LogP contribution in [0.1, 0.15) is 19.8 Å². The van der Waals surface area contributed by atoms with Gasteiger partial charge >= 0.3 is 0 Å². The van der Waals surface area contributed by atoms with Gasteiger partial charge in [-0.15, -0.1) is 0 Å². The number of hydrogen-bond acceptors (Lipinski definition) is 5. The van der Waals surface area contributed by atoms with Crippen molar-refractivity contribution in [3.8, 4) is 0 Å². The van der Waals surface area contributed by atoms with Crippen molar-refractivity contribution in [2.75, 3.05) is 6.61 Å². The highest BCUT2D eigenvalue weighted by atomic mass is 16.6. The van der Waals surface area contributed by atoms with E-state index in [1.165, 1.54) is 6.92 Å². The predicted molar refractivity (Wildman–Crippen MR) is 42.8 cm³/mol. The summed E-state index contributed by atoms with van der Waals surface area (Å²) in [6.45, 7) is 0.788. The second-order valence-corrected chi connectivity index (χ2v) is 3.28. The van der Waals surface area contributed by atoms with Gasteiger partial charge in [-0.25, -0.2) is 0 Å². The molecule has 5 heteroatoms. The molecule has 0 bridgehead atoms. The molecule has 5 nitrogen and oxygen atoms in total. The Balaban J connectivity index is 2.73. The summed E-state index contributed by atoms with van der Waals surface area (Å²) in [6.07, 6.45) is -1.39. The average Bonchev–Trinajstić information content (AvgIpc) is 2.11. The summed E-state index contributed by atoms with van der Waals surface area (Å²) in [6, 6.07) is 0. The fourth-order valence-corrected chi connectivity index (χ4v) is 1.47. The van der Waals surface area contributed by atoms with Gasteiger partial charge in [-0.1, -0.05) is 0 Å². The molecule has 3 N–H and O–H groups in total. The van der Waals surface area contributed by atoms with Gasteiger partial charge in [-0.2, -0.15) is 0 Å². The highest BCUT2D eigenvalue weighted by Crippen LogP contribution is 2.28. The lowest BCUT2D eigenvalue weighted by Gasteiger charge is -2.38. The Morgan fingerprint density at radius 2 is 2.31 bits per heavy atom. The maximum atomic E-state index is 11.1. The lowest BCUT2D eigenvalue weighted by molar-refractivity contribution is -0.226. The van der Waals surface area contributed by atoms with Crippen LogP contribution in [0.3, 0.4) is 0 Å². The van der Waals surface area contributed by atoms with Crippen molar-refractivity contribution < 1.29 is 24.9 Å². The molecule has 1 rings (SSSR count). The van der Waals surface area contributed by atoms with Crippen LogP contribution in [-0.2, 0) is 9.53 Å². The third-order valence-corrected chi connectivity index (χ3v) is 2.43. The molecule has 3 atom stereocenters. The third-order valence-electron chi connectivity index (χ3n) is 2.43. The molecule has 76 valence electrons. The zero-order valence-electron chi connectivity index (χ0n) is 7.43. The monoisotopic (exact) mass is 190 g/mol.